The van der Waals surface area contributed by atoms with Gasteiger partial charge >= 0.3 is 6.18 Å². The SMILES string of the molecule is CCC(C(=O)Nc1ccccc1)n1c(=O)c(C(F)(F)F)nc2cc(C)c(C)cc21. The number of carbonyl (C=O) groups is 1. The van der Waals surface area contributed by atoms with E-state index in [-0.39, 0.29) is 17.5 Å². The van der Waals surface area contributed by atoms with E-state index in [1.165, 1.54) is 6.07 Å². The molecule has 152 valence electrons. The lowest BCUT2D eigenvalue weighted by Crippen LogP contribution is -2.37. The van der Waals surface area contributed by atoms with Gasteiger partial charge in [0.15, 0.2) is 0 Å². The van der Waals surface area contributed by atoms with E-state index in [9.17, 15) is 22.8 Å². The summed E-state index contributed by atoms with van der Waals surface area (Å²) in [5.74, 6) is -0.570. The molecule has 0 spiro atoms. The molecule has 29 heavy (non-hydrogen) atoms. The number of nitrogens with zero attached hydrogens (tertiary/aromatic N) is 2. The molecule has 1 aromatic heterocycles. The van der Waals surface area contributed by atoms with Crippen molar-refractivity contribution >= 4 is 22.6 Å². The average Bonchev–Trinajstić information content (AvgIpc) is 2.65. The van der Waals surface area contributed by atoms with Crippen LogP contribution in [-0.2, 0) is 11.0 Å². The maximum atomic E-state index is 13.5. The molecule has 2 aromatic carbocycles. The van der Waals surface area contributed by atoms with Crippen molar-refractivity contribution in [2.75, 3.05) is 5.32 Å². The van der Waals surface area contributed by atoms with Gasteiger partial charge in [-0.05, 0) is 55.7 Å². The second-order valence-corrected chi connectivity index (χ2v) is 6.84. The van der Waals surface area contributed by atoms with E-state index in [1.54, 1.807) is 57.2 Å². The van der Waals surface area contributed by atoms with E-state index in [0.29, 0.717) is 5.69 Å². The van der Waals surface area contributed by atoms with Crippen LogP contribution in [0.25, 0.3) is 11.0 Å². The van der Waals surface area contributed by atoms with Gasteiger partial charge in [-0.3, -0.25) is 14.2 Å². The Bertz CT molecular complexity index is 1120. The van der Waals surface area contributed by atoms with Crippen LogP contribution in [0.4, 0.5) is 18.9 Å². The fourth-order valence-electron chi connectivity index (χ4n) is 3.19. The molecule has 1 atom stereocenters. The molecule has 0 aliphatic carbocycles. The fraction of sp³-hybridized carbons (Fsp3) is 0.286. The summed E-state index contributed by atoms with van der Waals surface area (Å²) in [6.07, 6.45) is -4.80. The molecule has 5 nitrogen and oxygen atoms in total. The summed E-state index contributed by atoms with van der Waals surface area (Å²) in [5, 5.41) is 2.67. The van der Waals surface area contributed by atoms with E-state index < -0.39 is 29.4 Å². The molecular weight excluding hydrogens is 383 g/mol. The Balaban J connectivity index is 2.24. The number of carbonyl (C=O) groups excluding carboxylic acids is 1. The summed E-state index contributed by atoms with van der Waals surface area (Å²) >= 11 is 0. The van der Waals surface area contributed by atoms with Crippen LogP contribution in [0.1, 0.15) is 36.2 Å². The number of para-hydroxylation sites is 1. The number of hydrogen-bond donors (Lipinski definition) is 1. The number of benzene rings is 2. The highest BCUT2D eigenvalue weighted by molar-refractivity contribution is 5.94. The minimum Gasteiger partial charge on any atom is -0.324 e. The van der Waals surface area contributed by atoms with Crippen LogP contribution in [0.3, 0.4) is 0 Å². The zero-order chi connectivity index (χ0) is 21.3. The lowest BCUT2D eigenvalue weighted by atomic mass is 10.1. The normalized spacial score (nSPS) is 12.8. The number of anilines is 1. The Hall–Kier alpha value is -3.16. The highest BCUT2D eigenvalue weighted by Crippen LogP contribution is 2.29. The summed E-state index contributed by atoms with van der Waals surface area (Å²) in [6, 6.07) is 10.5. The van der Waals surface area contributed by atoms with E-state index >= 15 is 0 Å². The van der Waals surface area contributed by atoms with Crippen molar-refractivity contribution in [3.05, 3.63) is 69.6 Å². The first-order valence-corrected chi connectivity index (χ1v) is 9.10. The Morgan fingerprint density at radius 3 is 2.34 bits per heavy atom. The van der Waals surface area contributed by atoms with Crippen LogP contribution in [0.2, 0.25) is 0 Å². The quantitative estimate of drug-likeness (QED) is 0.691. The monoisotopic (exact) mass is 403 g/mol. The van der Waals surface area contributed by atoms with Crippen molar-refractivity contribution in [2.45, 2.75) is 39.4 Å². The fourth-order valence-corrected chi connectivity index (χ4v) is 3.19. The van der Waals surface area contributed by atoms with Crippen LogP contribution < -0.4 is 10.9 Å². The molecule has 1 heterocycles. The minimum absolute atomic E-state index is 0.0194. The Morgan fingerprint density at radius 1 is 1.14 bits per heavy atom. The van der Waals surface area contributed by atoms with Crippen LogP contribution in [0.15, 0.2) is 47.3 Å². The maximum absolute atomic E-state index is 13.5. The molecule has 3 rings (SSSR count). The number of nitrogens with one attached hydrogen (secondary N) is 1. The van der Waals surface area contributed by atoms with Crippen molar-refractivity contribution in [3.63, 3.8) is 0 Å². The number of fused-ring (bicyclic) bond motifs is 1. The first kappa shape index (κ1) is 20.6. The number of aromatic nitrogens is 2. The average molecular weight is 403 g/mol. The summed E-state index contributed by atoms with van der Waals surface area (Å²) in [5.41, 5.74) is -0.629. The van der Waals surface area contributed by atoms with Gasteiger partial charge in [-0.1, -0.05) is 25.1 Å². The molecule has 0 bridgehead atoms. The second kappa shape index (κ2) is 7.69. The highest BCUT2D eigenvalue weighted by Gasteiger charge is 2.38. The number of amides is 1. The topological polar surface area (TPSA) is 64.0 Å². The van der Waals surface area contributed by atoms with E-state index in [2.05, 4.69) is 10.3 Å². The first-order chi connectivity index (χ1) is 13.6. The first-order valence-electron chi connectivity index (χ1n) is 9.10. The van der Waals surface area contributed by atoms with Gasteiger partial charge in [-0.15, -0.1) is 0 Å². The van der Waals surface area contributed by atoms with Crippen LogP contribution in [0.5, 0.6) is 0 Å². The third-order valence-corrected chi connectivity index (χ3v) is 4.81. The van der Waals surface area contributed by atoms with E-state index in [0.717, 1.165) is 15.7 Å². The van der Waals surface area contributed by atoms with Gasteiger partial charge in [0.05, 0.1) is 11.0 Å². The number of aryl methyl sites for hydroxylation is 2. The zero-order valence-electron chi connectivity index (χ0n) is 16.2. The molecule has 0 aliphatic heterocycles. The van der Waals surface area contributed by atoms with Gasteiger partial charge in [0.25, 0.3) is 5.56 Å². The van der Waals surface area contributed by atoms with Gasteiger partial charge in [0.1, 0.15) is 6.04 Å². The van der Waals surface area contributed by atoms with Crippen molar-refractivity contribution in [2.24, 2.45) is 0 Å². The second-order valence-electron chi connectivity index (χ2n) is 6.84. The number of halogens is 3. The molecule has 0 radical (unpaired) electrons. The largest absolute Gasteiger partial charge is 0.438 e. The van der Waals surface area contributed by atoms with Crippen LogP contribution >= 0.6 is 0 Å². The molecule has 8 heteroatoms. The molecule has 1 amide bonds. The highest BCUT2D eigenvalue weighted by atomic mass is 19.4. The number of hydrogen-bond acceptors (Lipinski definition) is 3. The van der Waals surface area contributed by atoms with Gasteiger partial charge in [-0.2, -0.15) is 13.2 Å². The predicted molar refractivity (Wildman–Crippen MR) is 105 cm³/mol. The molecule has 3 aromatic rings. The summed E-state index contributed by atoms with van der Waals surface area (Å²) in [7, 11) is 0. The molecule has 0 saturated heterocycles. The smallest absolute Gasteiger partial charge is 0.324 e. The number of alkyl halides is 3. The van der Waals surface area contributed by atoms with E-state index in [4.69, 9.17) is 0 Å². The maximum Gasteiger partial charge on any atom is 0.438 e. The molecular formula is C21H20F3N3O2. The standard InChI is InChI=1S/C21H20F3N3O2/c1-4-16(19(28)25-14-8-6-5-7-9-14)27-17-11-13(3)12(2)10-15(17)26-18(20(27)29)21(22,23)24/h5-11,16H,4H2,1-3H3,(H,25,28). The van der Waals surface area contributed by atoms with Crippen molar-refractivity contribution in [3.8, 4) is 0 Å². The van der Waals surface area contributed by atoms with Crippen molar-refractivity contribution in [1.29, 1.82) is 0 Å². The third-order valence-electron chi connectivity index (χ3n) is 4.81. The molecule has 0 aliphatic rings. The summed E-state index contributed by atoms with van der Waals surface area (Å²) in [6.45, 7) is 5.17. The molecule has 1 N–H and O–H groups in total. The lowest BCUT2D eigenvalue weighted by molar-refractivity contribution is -0.142. The van der Waals surface area contributed by atoms with E-state index in [1.807, 2.05) is 0 Å². The predicted octanol–water partition coefficient (Wildman–Crippen LogP) is 4.62. The molecule has 1 unspecified atom stereocenters. The van der Waals surface area contributed by atoms with Crippen LogP contribution in [0, 0.1) is 13.8 Å². The van der Waals surface area contributed by atoms with Gasteiger partial charge in [0.2, 0.25) is 11.6 Å². The summed E-state index contributed by atoms with van der Waals surface area (Å²) < 4.78 is 41.3. The molecule has 0 saturated carbocycles. The van der Waals surface area contributed by atoms with Crippen molar-refractivity contribution in [1.82, 2.24) is 9.55 Å². The zero-order valence-corrected chi connectivity index (χ0v) is 16.2. The Morgan fingerprint density at radius 2 is 1.76 bits per heavy atom. The van der Waals surface area contributed by atoms with Gasteiger partial charge < -0.3 is 5.32 Å². The van der Waals surface area contributed by atoms with Gasteiger partial charge in [0, 0.05) is 5.69 Å². The lowest BCUT2D eigenvalue weighted by Gasteiger charge is -2.22. The molecule has 0 fully saturated rings. The van der Waals surface area contributed by atoms with Crippen LogP contribution in [-0.4, -0.2) is 15.5 Å². The van der Waals surface area contributed by atoms with Gasteiger partial charge in [-0.25, -0.2) is 4.98 Å². The Labute approximate surface area is 165 Å². The third kappa shape index (κ3) is 4.01. The van der Waals surface area contributed by atoms with Crippen molar-refractivity contribution < 1.29 is 18.0 Å². The minimum atomic E-state index is -4.93. The summed E-state index contributed by atoms with van der Waals surface area (Å²) in [4.78, 5) is 29.2. The number of rotatable bonds is 4. The Kier molecular flexibility index (Phi) is 5.46.